The molecular weight excluding hydrogens is 470 g/mol. The molecule has 0 aliphatic rings. The highest BCUT2D eigenvalue weighted by atomic mass is 16.6. The SMILES string of the molecule is CCCCCCCCN(C(=O)C(C)NC(=O)OC(C)(C)C)C(C(=O)NC(C)CCC)c1ccccc1O. The van der Waals surface area contributed by atoms with Gasteiger partial charge in [0.2, 0.25) is 11.8 Å². The molecule has 37 heavy (non-hydrogen) atoms. The normalized spacial score (nSPS) is 13.8. The molecule has 1 aromatic rings. The summed E-state index contributed by atoms with van der Waals surface area (Å²) in [4.78, 5) is 41.2. The first kappa shape index (κ1) is 32.3. The lowest BCUT2D eigenvalue weighted by atomic mass is 10.0. The standard InChI is InChI=1S/C29H49N3O5/c1-8-10-11-12-13-16-20-32(27(35)22(4)31-28(36)37-29(5,6)7)25(23-18-14-15-19-24(23)33)26(34)30-21(3)17-9-2/h14-15,18-19,21-22,25,33H,8-13,16-17,20H2,1-7H3,(H,30,34)(H,31,36). The average molecular weight is 520 g/mol. The minimum absolute atomic E-state index is 0.0562. The van der Waals surface area contributed by atoms with Gasteiger partial charge in [-0.2, -0.15) is 0 Å². The number of benzene rings is 1. The van der Waals surface area contributed by atoms with Crippen molar-refractivity contribution in [3.63, 3.8) is 0 Å². The summed E-state index contributed by atoms with van der Waals surface area (Å²) in [7, 11) is 0. The average Bonchev–Trinajstić information content (AvgIpc) is 2.79. The summed E-state index contributed by atoms with van der Waals surface area (Å²) in [6.45, 7) is 13.3. The highest BCUT2D eigenvalue weighted by Gasteiger charge is 2.36. The minimum atomic E-state index is -1.04. The van der Waals surface area contributed by atoms with Gasteiger partial charge < -0.3 is 25.4 Å². The number of carbonyl (C=O) groups is 3. The van der Waals surface area contributed by atoms with Crippen LogP contribution >= 0.6 is 0 Å². The number of carbonyl (C=O) groups excluding carboxylic acids is 3. The largest absolute Gasteiger partial charge is 0.508 e. The number of alkyl carbamates (subject to hydrolysis) is 1. The van der Waals surface area contributed by atoms with Crippen molar-refractivity contribution in [2.75, 3.05) is 6.54 Å². The first-order chi connectivity index (χ1) is 17.4. The predicted molar refractivity (Wildman–Crippen MR) is 147 cm³/mol. The lowest BCUT2D eigenvalue weighted by molar-refractivity contribution is -0.142. The number of unbranched alkanes of at least 4 members (excludes halogenated alkanes) is 5. The van der Waals surface area contributed by atoms with Gasteiger partial charge in [-0.3, -0.25) is 9.59 Å². The number of ether oxygens (including phenoxy) is 1. The number of phenolic OH excluding ortho intramolecular Hbond substituents is 1. The molecule has 0 bridgehead atoms. The second-order valence-corrected chi connectivity index (χ2v) is 10.8. The van der Waals surface area contributed by atoms with Crippen molar-refractivity contribution >= 4 is 17.9 Å². The summed E-state index contributed by atoms with van der Waals surface area (Å²) >= 11 is 0. The van der Waals surface area contributed by atoms with Crippen LogP contribution in [0.3, 0.4) is 0 Å². The van der Waals surface area contributed by atoms with Crippen LogP contribution in [0.2, 0.25) is 0 Å². The zero-order chi connectivity index (χ0) is 28.0. The molecule has 0 spiro atoms. The van der Waals surface area contributed by atoms with Crippen molar-refractivity contribution in [3.8, 4) is 5.75 Å². The van der Waals surface area contributed by atoms with Crippen molar-refractivity contribution in [3.05, 3.63) is 29.8 Å². The number of amides is 3. The fourth-order valence-electron chi connectivity index (χ4n) is 4.22. The van der Waals surface area contributed by atoms with Crippen molar-refractivity contribution in [2.24, 2.45) is 0 Å². The molecule has 0 fully saturated rings. The van der Waals surface area contributed by atoms with Gasteiger partial charge in [-0.05, 0) is 53.5 Å². The Kier molecular flexibility index (Phi) is 14.1. The first-order valence-electron chi connectivity index (χ1n) is 13.8. The topological polar surface area (TPSA) is 108 Å². The molecule has 0 aromatic heterocycles. The Hall–Kier alpha value is -2.77. The molecule has 8 heteroatoms. The Balaban J connectivity index is 3.28. The number of para-hydroxylation sites is 1. The van der Waals surface area contributed by atoms with E-state index in [1.165, 1.54) is 11.0 Å². The Bertz CT molecular complexity index is 852. The molecule has 8 nitrogen and oxygen atoms in total. The van der Waals surface area contributed by atoms with Crippen LogP contribution in [0.25, 0.3) is 0 Å². The van der Waals surface area contributed by atoms with Gasteiger partial charge in [0.1, 0.15) is 23.4 Å². The number of nitrogens with zero attached hydrogens (tertiary/aromatic N) is 1. The Morgan fingerprint density at radius 2 is 1.57 bits per heavy atom. The summed E-state index contributed by atoms with van der Waals surface area (Å²) in [5.41, 5.74) is -0.355. The molecule has 1 rings (SSSR count). The second kappa shape index (κ2) is 16.2. The number of rotatable bonds is 15. The van der Waals surface area contributed by atoms with E-state index in [4.69, 9.17) is 4.74 Å². The molecular formula is C29H49N3O5. The van der Waals surface area contributed by atoms with Crippen LogP contribution in [0.5, 0.6) is 5.75 Å². The summed E-state index contributed by atoms with van der Waals surface area (Å²) in [5, 5.41) is 16.3. The highest BCUT2D eigenvalue weighted by Crippen LogP contribution is 2.30. The van der Waals surface area contributed by atoms with Gasteiger partial charge in [0.25, 0.3) is 0 Å². The Morgan fingerprint density at radius 1 is 0.946 bits per heavy atom. The molecule has 3 amide bonds. The third kappa shape index (κ3) is 11.9. The van der Waals surface area contributed by atoms with Crippen LogP contribution in [0, 0.1) is 0 Å². The molecule has 210 valence electrons. The quantitative estimate of drug-likeness (QED) is 0.252. The zero-order valence-electron chi connectivity index (χ0n) is 23.9. The Morgan fingerprint density at radius 3 is 2.16 bits per heavy atom. The van der Waals surface area contributed by atoms with Crippen LogP contribution in [0.1, 0.15) is 111 Å². The summed E-state index contributed by atoms with van der Waals surface area (Å²) in [6.07, 6.45) is 7.09. The van der Waals surface area contributed by atoms with Gasteiger partial charge in [0, 0.05) is 18.2 Å². The third-order valence-corrected chi connectivity index (χ3v) is 6.04. The highest BCUT2D eigenvalue weighted by molar-refractivity contribution is 5.92. The van der Waals surface area contributed by atoms with Gasteiger partial charge in [-0.1, -0.05) is 70.6 Å². The van der Waals surface area contributed by atoms with Crippen LogP contribution in [0.4, 0.5) is 4.79 Å². The molecule has 3 N–H and O–H groups in total. The van der Waals surface area contributed by atoms with E-state index < -0.39 is 29.7 Å². The van der Waals surface area contributed by atoms with Crippen LogP contribution < -0.4 is 10.6 Å². The van der Waals surface area contributed by atoms with Crippen LogP contribution in [-0.4, -0.2) is 52.1 Å². The number of phenols is 1. The molecule has 0 saturated heterocycles. The number of nitrogens with one attached hydrogen (secondary N) is 2. The number of hydrogen-bond donors (Lipinski definition) is 3. The molecule has 3 atom stereocenters. The molecule has 0 aliphatic heterocycles. The van der Waals surface area contributed by atoms with E-state index in [1.807, 2.05) is 13.8 Å². The maximum Gasteiger partial charge on any atom is 0.408 e. The van der Waals surface area contributed by atoms with E-state index in [9.17, 15) is 19.5 Å². The number of aromatic hydroxyl groups is 1. The smallest absolute Gasteiger partial charge is 0.408 e. The van der Waals surface area contributed by atoms with Crippen molar-refractivity contribution in [1.29, 1.82) is 0 Å². The van der Waals surface area contributed by atoms with E-state index in [0.29, 0.717) is 18.5 Å². The molecule has 0 aliphatic carbocycles. The van der Waals surface area contributed by atoms with E-state index >= 15 is 0 Å². The predicted octanol–water partition coefficient (Wildman–Crippen LogP) is 5.84. The number of hydrogen-bond acceptors (Lipinski definition) is 5. The van der Waals surface area contributed by atoms with Crippen molar-refractivity contribution < 1.29 is 24.2 Å². The summed E-state index contributed by atoms with van der Waals surface area (Å²) < 4.78 is 5.33. The van der Waals surface area contributed by atoms with Gasteiger partial charge in [0.05, 0.1) is 0 Å². The molecule has 0 heterocycles. The minimum Gasteiger partial charge on any atom is -0.508 e. The van der Waals surface area contributed by atoms with Crippen molar-refractivity contribution in [2.45, 2.75) is 124 Å². The fourth-order valence-corrected chi connectivity index (χ4v) is 4.22. The van der Waals surface area contributed by atoms with Gasteiger partial charge in [-0.15, -0.1) is 0 Å². The van der Waals surface area contributed by atoms with Gasteiger partial charge in [-0.25, -0.2) is 4.79 Å². The third-order valence-electron chi connectivity index (χ3n) is 6.04. The van der Waals surface area contributed by atoms with E-state index in [1.54, 1.807) is 45.9 Å². The maximum atomic E-state index is 13.7. The Labute approximate surface area is 223 Å². The summed E-state index contributed by atoms with van der Waals surface area (Å²) in [5.74, 6) is -0.823. The first-order valence-corrected chi connectivity index (χ1v) is 13.8. The lowest BCUT2D eigenvalue weighted by Gasteiger charge is -2.34. The van der Waals surface area contributed by atoms with E-state index in [0.717, 1.165) is 44.9 Å². The molecule has 0 saturated carbocycles. The molecule has 1 aromatic carbocycles. The fraction of sp³-hybridized carbons (Fsp3) is 0.690. The van der Waals surface area contributed by atoms with Crippen LogP contribution in [0.15, 0.2) is 24.3 Å². The molecule has 3 unspecified atom stereocenters. The van der Waals surface area contributed by atoms with Crippen molar-refractivity contribution in [1.82, 2.24) is 15.5 Å². The van der Waals surface area contributed by atoms with E-state index in [-0.39, 0.29) is 17.7 Å². The zero-order valence-corrected chi connectivity index (χ0v) is 23.9. The van der Waals surface area contributed by atoms with E-state index in [2.05, 4.69) is 17.6 Å². The second-order valence-electron chi connectivity index (χ2n) is 10.8. The van der Waals surface area contributed by atoms with Gasteiger partial charge >= 0.3 is 6.09 Å². The monoisotopic (exact) mass is 519 g/mol. The van der Waals surface area contributed by atoms with Gasteiger partial charge in [0.15, 0.2) is 0 Å². The lowest BCUT2D eigenvalue weighted by Crippen LogP contribution is -2.52. The summed E-state index contributed by atoms with van der Waals surface area (Å²) in [6, 6.07) is 4.55. The van der Waals surface area contributed by atoms with Crippen LogP contribution in [-0.2, 0) is 14.3 Å². The molecule has 0 radical (unpaired) electrons. The maximum absolute atomic E-state index is 13.7.